The van der Waals surface area contributed by atoms with Gasteiger partial charge in [-0.05, 0) is 37.0 Å². The van der Waals surface area contributed by atoms with Crippen molar-refractivity contribution in [1.82, 2.24) is 10.2 Å². The fourth-order valence-electron chi connectivity index (χ4n) is 2.80. The van der Waals surface area contributed by atoms with Gasteiger partial charge in [0.15, 0.2) is 5.96 Å². The maximum absolute atomic E-state index is 5.93. The largest absolute Gasteiger partial charge is 0.494 e. The van der Waals surface area contributed by atoms with E-state index in [-0.39, 0.29) is 24.0 Å². The van der Waals surface area contributed by atoms with Gasteiger partial charge in [0.1, 0.15) is 5.75 Å². The summed E-state index contributed by atoms with van der Waals surface area (Å²) in [4.78, 5) is 6.82. The van der Waals surface area contributed by atoms with Gasteiger partial charge in [-0.2, -0.15) is 0 Å². The molecule has 1 fully saturated rings. The fraction of sp³-hybridized carbons (Fsp3) is 0.650. The lowest BCUT2D eigenvalue weighted by Crippen LogP contribution is -2.37. The molecule has 1 aromatic rings. The maximum atomic E-state index is 5.93. The van der Waals surface area contributed by atoms with Crippen LogP contribution in [0.3, 0.4) is 0 Å². The summed E-state index contributed by atoms with van der Waals surface area (Å²) in [6, 6.07) is 8.29. The Balaban J connectivity index is 0.00000364. The summed E-state index contributed by atoms with van der Waals surface area (Å²) < 4.78 is 11.0. The van der Waals surface area contributed by atoms with E-state index in [0.717, 1.165) is 84.0 Å². The van der Waals surface area contributed by atoms with Crippen molar-refractivity contribution in [3.8, 4) is 5.75 Å². The second-order valence-electron chi connectivity index (χ2n) is 6.60. The molecule has 0 bridgehead atoms. The SMILES string of the molecule is CCCCOc1ccc(CCNC(N)=NCCCN2CCOCC2)cc1.I. The Labute approximate surface area is 180 Å². The summed E-state index contributed by atoms with van der Waals surface area (Å²) in [7, 11) is 0. The van der Waals surface area contributed by atoms with Gasteiger partial charge in [-0.3, -0.25) is 9.89 Å². The Morgan fingerprint density at radius 1 is 1.22 bits per heavy atom. The van der Waals surface area contributed by atoms with Gasteiger partial charge in [0.05, 0.1) is 19.8 Å². The summed E-state index contributed by atoms with van der Waals surface area (Å²) in [6.45, 7) is 9.31. The molecule has 1 saturated heterocycles. The van der Waals surface area contributed by atoms with Crippen LogP contribution in [0.2, 0.25) is 0 Å². The smallest absolute Gasteiger partial charge is 0.188 e. The van der Waals surface area contributed by atoms with Crippen LogP contribution in [-0.2, 0) is 11.2 Å². The maximum Gasteiger partial charge on any atom is 0.188 e. The van der Waals surface area contributed by atoms with Gasteiger partial charge in [-0.1, -0.05) is 25.5 Å². The highest BCUT2D eigenvalue weighted by Gasteiger charge is 2.08. The van der Waals surface area contributed by atoms with Gasteiger partial charge >= 0.3 is 0 Å². The number of hydrogen-bond donors (Lipinski definition) is 2. The Bertz CT molecular complexity index is 519. The van der Waals surface area contributed by atoms with Crippen LogP contribution >= 0.6 is 24.0 Å². The molecule has 7 heteroatoms. The molecule has 0 aliphatic carbocycles. The summed E-state index contributed by atoms with van der Waals surface area (Å²) in [5, 5.41) is 3.19. The van der Waals surface area contributed by atoms with E-state index in [9.17, 15) is 0 Å². The molecule has 0 radical (unpaired) electrons. The third-order valence-electron chi connectivity index (χ3n) is 4.43. The summed E-state index contributed by atoms with van der Waals surface area (Å²) in [6.07, 6.45) is 4.19. The van der Waals surface area contributed by atoms with Crippen LogP contribution in [0, 0.1) is 0 Å². The molecule has 1 aromatic carbocycles. The van der Waals surface area contributed by atoms with Crippen LogP contribution in [0.4, 0.5) is 0 Å². The van der Waals surface area contributed by atoms with E-state index < -0.39 is 0 Å². The van der Waals surface area contributed by atoms with Gasteiger partial charge < -0.3 is 20.5 Å². The number of halogens is 1. The lowest BCUT2D eigenvalue weighted by molar-refractivity contribution is 0.0377. The van der Waals surface area contributed by atoms with E-state index in [1.807, 2.05) is 12.1 Å². The van der Waals surface area contributed by atoms with E-state index in [1.54, 1.807) is 0 Å². The molecule has 6 nitrogen and oxygen atoms in total. The average molecular weight is 490 g/mol. The molecule has 0 amide bonds. The number of nitrogens with one attached hydrogen (secondary N) is 1. The minimum Gasteiger partial charge on any atom is -0.494 e. The van der Waals surface area contributed by atoms with Crippen molar-refractivity contribution in [2.45, 2.75) is 32.6 Å². The molecule has 1 aliphatic heterocycles. The van der Waals surface area contributed by atoms with Gasteiger partial charge in [0.25, 0.3) is 0 Å². The Kier molecular flexibility index (Phi) is 13.3. The summed E-state index contributed by atoms with van der Waals surface area (Å²) in [5.74, 6) is 1.48. The van der Waals surface area contributed by atoms with Crippen LogP contribution in [0.5, 0.6) is 5.75 Å². The third-order valence-corrected chi connectivity index (χ3v) is 4.43. The number of nitrogens with zero attached hydrogens (tertiary/aromatic N) is 2. The Morgan fingerprint density at radius 2 is 1.96 bits per heavy atom. The number of guanidine groups is 1. The van der Waals surface area contributed by atoms with E-state index in [2.05, 4.69) is 34.3 Å². The van der Waals surface area contributed by atoms with E-state index in [4.69, 9.17) is 15.2 Å². The van der Waals surface area contributed by atoms with Crippen molar-refractivity contribution in [3.05, 3.63) is 29.8 Å². The molecular weight excluding hydrogens is 455 g/mol. The van der Waals surface area contributed by atoms with Crippen molar-refractivity contribution >= 4 is 29.9 Å². The van der Waals surface area contributed by atoms with Gasteiger partial charge in [-0.15, -0.1) is 24.0 Å². The Hall–Kier alpha value is -1.06. The molecule has 1 aliphatic rings. The fourth-order valence-corrected chi connectivity index (χ4v) is 2.80. The number of nitrogens with two attached hydrogens (primary N) is 1. The van der Waals surface area contributed by atoms with E-state index in [0.29, 0.717) is 5.96 Å². The molecule has 0 aromatic heterocycles. The standard InChI is InChI=1S/C20H34N4O2.HI/c1-2-3-15-26-19-7-5-18(6-8-19)9-11-23-20(21)22-10-4-12-24-13-16-25-17-14-24;/h5-8H,2-4,9-17H2,1H3,(H3,21,22,23);1H. The number of unbranched alkanes of at least 4 members (excludes halogenated alkanes) is 1. The topological polar surface area (TPSA) is 72.1 Å². The minimum atomic E-state index is 0. The Morgan fingerprint density at radius 3 is 2.67 bits per heavy atom. The zero-order valence-corrected chi connectivity index (χ0v) is 18.8. The number of benzene rings is 1. The molecule has 2 rings (SSSR count). The first kappa shape index (κ1) is 24.0. The highest BCUT2D eigenvalue weighted by Crippen LogP contribution is 2.12. The monoisotopic (exact) mass is 490 g/mol. The minimum absolute atomic E-state index is 0. The van der Waals surface area contributed by atoms with Crippen LogP contribution in [-0.4, -0.2) is 63.4 Å². The first-order valence-electron chi connectivity index (χ1n) is 9.83. The molecular formula is C20H35IN4O2. The molecule has 154 valence electrons. The van der Waals surface area contributed by atoms with Crippen LogP contribution < -0.4 is 15.8 Å². The highest BCUT2D eigenvalue weighted by atomic mass is 127. The zero-order valence-electron chi connectivity index (χ0n) is 16.5. The normalized spacial score (nSPS) is 15.2. The van der Waals surface area contributed by atoms with Crippen LogP contribution in [0.25, 0.3) is 0 Å². The lowest BCUT2D eigenvalue weighted by atomic mass is 10.1. The van der Waals surface area contributed by atoms with Crippen LogP contribution in [0.15, 0.2) is 29.3 Å². The first-order chi connectivity index (χ1) is 12.8. The second-order valence-corrected chi connectivity index (χ2v) is 6.60. The summed E-state index contributed by atoms with van der Waals surface area (Å²) in [5.41, 5.74) is 7.20. The predicted molar refractivity (Wildman–Crippen MR) is 122 cm³/mol. The molecule has 0 spiro atoms. The number of hydrogen-bond acceptors (Lipinski definition) is 4. The average Bonchev–Trinajstić information content (AvgIpc) is 2.67. The predicted octanol–water partition coefficient (Wildman–Crippen LogP) is 2.65. The van der Waals surface area contributed by atoms with Crippen molar-refractivity contribution in [3.63, 3.8) is 0 Å². The second kappa shape index (κ2) is 14.9. The van der Waals surface area contributed by atoms with Crippen LogP contribution in [0.1, 0.15) is 31.7 Å². The van der Waals surface area contributed by atoms with Crippen molar-refractivity contribution in [1.29, 1.82) is 0 Å². The van der Waals surface area contributed by atoms with Crippen molar-refractivity contribution in [2.24, 2.45) is 10.7 Å². The molecule has 0 saturated carbocycles. The van der Waals surface area contributed by atoms with Gasteiger partial charge in [0, 0.05) is 32.7 Å². The molecule has 0 atom stereocenters. The third kappa shape index (κ3) is 10.8. The van der Waals surface area contributed by atoms with Gasteiger partial charge in [-0.25, -0.2) is 0 Å². The zero-order chi connectivity index (χ0) is 18.5. The molecule has 1 heterocycles. The quantitative estimate of drug-likeness (QED) is 0.216. The number of ether oxygens (including phenoxy) is 2. The molecule has 3 N–H and O–H groups in total. The summed E-state index contributed by atoms with van der Waals surface area (Å²) >= 11 is 0. The van der Waals surface area contributed by atoms with Crippen molar-refractivity contribution < 1.29 is 9.47 Å². The van der Waals surface area contributed by atoms with Crippen molar-refractivity contribution in [2.75, 3.05) is 52.5 Å². The highest BCUT2D eigenvalue weighted by molar-refractivity contribution is 14.0. The molecule has 27 heavy (non-hydrogen) atoms. The number of aliphatic imine (C=N–C) groups is 1. The number of rotatable bonds is 11. The van der Waals surface area contributed by atoms with E-state index >= 15 is 0 Å². The van der Waals surface area contributed by atoms with E-state index in [1.165, 1.54) is 5.56 Å². The lowest BCUT2D eigenvalue weighted by Gasteiger charge is -2.26. The first-order valence-corrected chi connectivity index (χ1v) is 9.83. The van der Waals surface area contributed by atoms with Gasteiger partial charge in [0.2, 0.25) is 0 Å². The number of morpholine rings is 1. The molecule has 0 unspecified atom stereocenters.